The molecule has 0 bridgehead atoms. The van der Waals surface area contributed by atoms with Crippen molar-refractivity contribution in [2.75, 3.05) is 41.8 Å². The van der Waals surface area contributed by atoms with Gasteiger partial charge in [-0.05, 0) is 62.1 Å². The van der Waals surface area contributed by atoms with E-state index in [1.165, 1.54) is 0 Å². The van der Waals surface area contributed by atoms with Crippen molar-refractivity contribution < 1.29 is 14.3 Å². The molecule has 2 heterocycles. The SMILES string of the molecule is O=C(Nc1ccc(Cl)c(Cl)c1)Nc1ccc(N2CCCC2)c(C(=O)NCC2CCCO2)c1. The van der Waals surface area contributed by atoms with Crippen molar-refractivity contribution in [1.82, 2.24) is 5.32 Å². The van der Waals surface area contributed by atoms with Gasteiger partial charge in [-0.1, -0.05) is 23.2 Å². The maximum absolute atomic E-state index is 13.0. The van der Waals surface area contributed by atoms with Crippen LogP contribution in [0.25, 0.3) is 0 Å². The van der Waals surface area contributed by atoms with Gasteiger partial charge in [0, 0.05) is 43.3 Å². The van der Waals surface area contributed by atoms with E-state index in [9.17, 15) is 9.59 Å². The van der Waals surface area contributed by atoms with Gasteiger partial charge in [0.2, 0.25) is 0 Å². The average Bonchev–Trinajstić information content (AvgIpc) is 3.49. The molecule has 7 nitrogen and oxygen atoms in total. The molecule has 2 aromatic rings. The molecule has 0 spiro atoms. The van der Waals surface area contributed by atoms with E-state index in [2.05, 4.69) is 20.9 Å². The van der Waals surface area contributed by atoms with Gasteiger partial charge < -0.3 is 25.6 Å². The molecule has 2 aliphatic heterocycles. The Morgan fingerprint density at radius 2 is 1.69 bits per heavy atom. The topological polar surface area (TPSA) is 82.7 Å². The summed E-state index contributed by atoms with van der Waals surface area (Å²) in [6.45, 7) is 3.05. The van der Waals surface area contributed by atoms with Crippen LogP contribution in [-0.4, -0.2) is 44.3 Å². The highest BCUT2D eigenvalue weighted by Gasteiger charge is 2.22. The van der Waals surface area contributed by atoms with Gasteiger partial charge in [-0.25, -0.2) is 4.79 Å². The van der Waals surface area contributed by atoms with Gasteiger partial charge in [0.05, 0.1) is 21.7 Å². The number of carbonyl (C=O) groups excluding carboxylic acids is 2. The molecule has 0 radical (unpaired) electrons. The van der Waals surface area contributed by atoms with Crippen LogP contribution in [0.5, 0.6) is 0 Å². The summed E-state index contributed by atoms with van der Waals surface area (Å²) in [5, 5.41) is 9.26. The van der Waals surface area contributed by atoms with Gasteiger partial charge in [0.15, 0.2) is 0 Å². The van der Waals surface area contributed by atoms with Crippen molar-refractivity contribution >= 4 is 52.2 Å². The number of nitrogens with one attached hydrogen (secondary N) is 3. The summed E-state index contributed by atoms with van der Waals surface area (Å²) in [5.74, 6) is -0.170. The third-order valence-corrected chi connectivity index (χ3v) is 6.38. The van der Waals surface area contributed by atoms with E-state index < -0.39 is 6.03 Å². The van der Waals surface area contributed by atoms with Crippen LogP contribution in [-0.2, 0) is 4.74 Å². The quantitative estimate of drug-likeness (QED) is 0.538. The number of hydrogen-bond acceptors (Lipinski definition) is 4. The number of ether oxygens (including phenoxy) is 1. The van der Waals surface area contributed by atoms with E-state index in [0.29, 0.717) is 33.5 Å². The highest BCUT2D eigenvalue weighted by atomic mass is 35.5. The number of halogens is 2. The van der Waals surface area contributed by atoms with Crippen LogP contribution >= 0.6 is 23.2 Å². The van der Waals surface area contributed by atoms with Crippen molar-refractivity contribution in [3.8, 4) is 0 Å². The average molecular weight is 477 g/mol. The van der Waals surface area contributed by atoms with Crippen LogP contribution in [0.3, 0.4) is 0 Å². The third kappa shape index (κ3) is 5.65. The second-order valence-electron chi connectivity index (χ2n) is 7.98. The van der Waals surface area contributed by atoms with Gasteiger partial charge >= 0.3 is 6.03 Å². The second kappa shape index (κ2) is 10.4. The number of hydrogen-bond donors (Lipinski definition) is 3. The predicted octanol–water partition coefficient (Wildman–Crippen LogP) is 5.15. The lowest BCUT2D eigenvalue weighted by atomic mass is 10.1. The Morgan fingerprint density at radius 3 is 2.38 bits per heavy atom. The summed E-state index contributed by atoms with van der Waals surface area (Å²) >= 11 is 11.9. The first kappa shape index (κ1) is 22.7. The Hall–Kier alpha value is -2.48. The highest BCUT2D eigenvalue weighted by molar-refractivity contribution is 6.42. The van der Waals surface area contributed by atoms with E-state index in [4.69, 9.17) is 27.9 Å². The first-order valence-electron chi connectivity index (χ1n) is 10.8. The highest BCUT2D eigenvalue weighted by Crippen LogP contribution is 2.28. The van der Waals surface area contributed by atoms with Crippen molar-refractivity contribution in [2.24, 2.45) is 0 Å². The van der Waals surface area contributed by atoms with Crippen molar-refractivity contribution in [3.63, 3.8) is 0 Å². The smallest absolute Gasteiger partial charge is 0.323 e. The van der Waals surface area contributed by atoms with Crippen LogP contribution in [0.4, 0.5) is 21.9 Å². The summed E-state index contributed by atoms with van der Waals surface area (Å²) in [6, 6.07) is 9.81. The molecule has 170 valence electrons. The molecule has 9 heteroatoms. The summed E-state index contributed by atoms with van der Waals surface area (Å²) < 4.78 is 5.61. The Balaban J connectivity index is 1.47. The molecule has 0 aromatic heterocycles. The standard InChI is InChI=1S/C23H26Cl2N4O3/c24-19-7-5-16(13-20(19)25)28-23(31)27-15-6-8-21(29-9-1-2-10-29)18(12-15)22(30)26-14-17-4-3-11-32-17/h5-8,12-13,17H,1-4,9-11,14H2,(H,26,30)(H2,27,28,31). The Labute approximate surface area is 197 Å². The minimum absolute atomic E-state index is 0.0625. The van der Waals surface area contributed by atoms with E-state index in [0.717, 1.165) is 51.1 Å². The summed E-state index contributed by atoms with van der Waals surface area (Å²) in [6.07, 6.45) is 4.24. The molecule has 3 amide bonds. The Kier molecular flexibility index (Phi) is 7.40. The minimum atomic E-state index is -0.442. The predicted molar refractivity (Wildman–Crippen MR) is 128 cm³/mol. The molecule has 0 saturated carbocycles. The zero-order valence-electron chi connectivity index (χ0n) is 17.6. The molecular formula is C23H26Cl2N4O3. The van der Waals surface area contributed by atoms with Crippen LogP contribution in [0.15, 0.2) is 36.4 Å². The molecule has 32 heavy (non-hydrogen) atoms. The number of anilines is 3. The molecule has 3 N–H and O–H groups in total. The summed E-state index contributed by atoms with van der Waals surface area (Å²) in [5.41, 5.74) is 2.45. The third-order valence-electron chi connectivity index (χ3n) is 5.64. The van der Waals surface area contributed by atoms with Crippen LogP contribution in [0.1, 0.15) is 36.0 Å². The van der Waals surface area contributed by atoms with Gasteiger partial charge in [-0.3, -0.25) is 4.79 Å². The first-order chi connectivity index (χ1) is 15.5. The lowest BCUT2D eigenvalue weighted by Gasteiger charge is -2.22. The number of nitrogens with zero attached hydrogens (tertiary/aromatic N) is 1. The number of benzene rings is 2. The van der Waals surface area contributed by atoms with Gasteiger partial charge in [-0.2, -0.15) is 0 Å². The zero-order chi connectivity index (χ0) is 22.5. The number of urea groups is 1. The number of carbonyl (C=O) groups is 2. The molecular weight excluding hydrogens is 451 g/mol. The normalized spacial score (nSPS) is 17.9. The van der Waals surface area contributed by atoms with E-state index in [1.54, 1.807) is 30.3 Å². The van der Waals surface area contributed by atoms with Gasteiger partial charge in [0.1, 0.15) is 0 Å². The Morgan fingerprint density at radius 1 is 0.969 bits per heavy atom. The number of rotatable bonds is 6. The molecule has 4 rings (SSSR count). The number of amides is 3. The van der Waals surface area contributed by atoms with Crippen LogP contribution < -0.4 is 20.9 Å². The van der Waals surface area contributed by atoms with E-state index in [-0.39, 0.29) is 12.0 Å². The van der Waals surface area contributed by atoms with Crippen molar-refractivity contribution in [1.29, 1.82) is 0 Å². The van der Waals surface area contributed by atoms with E-state index in [1.807, 2.05) is 6.07 Å². The van der Waals surface area contributed by atoms with Crippen molar-refractivity contribution in [3.05, 3.63) is 52.0 Å². The fourth-order valence-corrected chi connectivity index (χ4v) is 4.30. The monoisotopic (exact) mass is 476 g/mol. The lowest BCUT2D eigenvalue weighted by molar-refractivity contribution is 0.0858. The van der Waals surface area contributed by atoms with Gasteiger partial charge in [-0.15, -0.1) is 0 Å². The molecule has 1 atom stereocenters. The zero-order valence-corrected chi connectivity index (χ0v) is 19.1. The summed E-state index contributed by atoms with van der Waals surface area (Å²) in [4.78, 5) is 27.7. The molecule has 2 aliphatic rings. The maximum Gasteiger partial charge on any atom is 0.323 e. The summed E-state index contributed by atoms with van der Waals surface area (Å²) in [7, 11) is 0. The fraction of sp³-hybridized carbons (Fsp3) is 0.391. The molecule has 2 fully saturated rings. The largest absolute Gasteiger partial charge is 0.376 e. The molecule has 0 aliphatic carbocycles. The van der Waals surface area contributed by atoms with Crippen LogP contribution in [0.2, 0.25) is 10.0 Å². The molecule has 2 saturated heterocycles. The second-order valence-corrected chi connectivity index (χ2v) is 8.79. The van der Waals surface area contributed by atoms with Gasteiger partial charge in [0.25, 0.3) is 5.91 Å². The maximum atomic E-state index is 13.0. The fourth-order valence-electron chi connectivity index (χ4n) is 4.00. The lowest BCUT2D eigenvalue weighted by Crippen LogP contribution is -2.33. The van der Waals surface area contributed by atoms with Crippen molar-refractivity contribution in [2.45, 2.75) is 31.8 Å². The van der Waals surface area contributed by atoms with E-state index >= 15 is 0 Å². The molecule has 1 unspecified atom stereocenters. The Bertz CT molecular complexity index is 989. The molecule has 2 aromatic carbocycles. The first-order valence-corrected chi connectivity index (χ1v) is 11.6. The van der Waals surface area contributed by atoms with Crippen LogP contribution in [0, 0.1) is 0 Å². The minimum Gasteiger partial charge on any atom is -0.376 e.